The Balaban J connectivity index is 0.000000166. The Morgan fingerprint density at radius 3 is 1.17 bits per heavy atom. The van der Waals surface area contributed by atoms with E-state index in [2.05, 4.69) is 105 Å². The van der Waals surface area contributed by atoms with E-state index in [4.69, 9.17) is 100 Å². The molecule has 11 N–H and O–H groups in total. The van der Waals surface area contributed by atoms with Crippen molar-refractivity contribution in [3.8, 4) is 35.1 Å². The number of hydrogen-bond donors (Lipinski definition) is 9. The first kappa shape index (κ1) is 107. The number of nitrogens with zero attached hydrogens (tertiary/aromatic N) is 15. The number of amides is 2. The summed E-state index contributed by atoms with van der Waals surface area (Å²) in [6, 6.07) is 64.0. The number of H-pyrrole nitrogens is 1. The van der Waals surface area contributed by atoms with Crippen molar-refractivity contribution in [3.63, 3.8) is 0 Å². The summed E-state index contributed by atoms with van der Waals surface area (Å²) >= 11 is 28.2. The Labute approximate surface area is 869 Å². The molecule has 141 heavy (non-hydrogen) atoms. The van der Waals surface area contributed by atoms with Gasteiger partial charge >= 0.3 is 19.5 Å². The minimum atomic E-state index is -4.01. The van der Waals surface area contributed by atoms with Crippen molar-refractivity contribution >= 4 is 247 Å². The quantitative estimate of drug-likeness (QED) is 0.00962. The molecule has 0 spiro atoms. The zero-order valence-electron chi connectivity index (χ0n) is 75.2. The molecule has 46 heteroatoms. The molecule has 19 rings (SSSR count). The van der Waals surface area contributed by atoms with E-state index in [9.17, 15) is 45.4 Å². The van der Waals surface area contributed by atoms with E-state index in [1.165, 1.54) is 30.7 Å². The zero-order valence-corrected chi connectivity index (χ0v) is 88.0. The third kappa shape index (κ3) is 25.8. The van der Waals surface area contributed by atoms with Crippen molar-refractivity contribution in [1.29, 1.82) is 21.0 Å². The van der Waals surface area contributed by atoms with Crippen LogP contribution in [-0.2, 0) is 72.0 Å². The second-order valence-corrected chi connectivity index (χ2v) is 38.9. The average molecular weight is 2310 g/mol. The van der Waals surface area contributed by atoms with E-state index in [1.807, 2.05) is 128 Å². The van der Waals surface area contributed by atoms with Gasteiger partial charge in [0.15, 0.2) is 16.9 Å². The molecule has 0 radical (unpaired) electrons. The molecule has 10 heterocycles. The molecule has 0 aliphatic carbocycles. The van der Waals surface area contributed by atoms with Gasteiger partial charge in [0.1, 0.15) is 63.4 Å². The van der Waals surface area contributed by atoms with Crippen LogP contribution in [-0.4, -0.2) is 122 Å². The summed E-state index contributed by atoms with van der Waals surface area (Å²) in [6.07, 6.45) is 8.33. The molecule has 712 valence electrons. The van der Waals surface area contributed by atoms with Gasteiger partial charge in [-0.25, -0.2) is 42.2 Å². The van der Waals surface area contributed by atoms with Crippen LogP contribution in [0.3, 0.4) is 0 Å². The summed E-state index contributed by atoms with van der Waals surface area (Å²) in [4.78, 5) is 59.8. The maximum atomic E-state index is 13.3. The number of nitrogens with two attached hydrogens (primary N) is 2. The number of aryl methyl sites for hydroxylation is 5. The van der Waals surface area contributed by atoms with E-state index in [0.717, 1.165) is 103 Å². The number of ether oxygens (including phenoxy) is 4. The van der Waals surface area contributed by atoms with Crippen LogP contribution >= 0.6 is 91.6 Å². The SMILES string of the molecule is COc1ccc(N)cc1.COc1ccc(Nc2nc(Cl)nc3c2c(C#N)cn3S(=O)(=O)c2ccc(C)cc2)cc1.COc1ccc(Nc2nc(Cl)nc3c2c(I)cn3S(=O)(=O)c2ccc(C)cc2)cc1.COc1ccc(Nc2nc(Nc3ccc4c(c3)CCC(=O)N4)nc3[nH]cc(C#N)c23)cc1.Cc1ccc(S(=O)(=O)n2cc(I)c3c(Cl)nc(Cl)nc32)cc1.Nc1ccc2c(c1)CCC(=O)N2.[C-]#N.[C-]#N.[Zn+2]. The second-order valence-electron chi connectivity index (χ2n) is 29.8. The molecule has 0 bridgehead atoms. The van der Waals surface area contributed by atoms with Gasteiger partial charge in [-0.2, -0.15) is 45.4 Å². The summed E-state index contributed by atoms with van der Waals surface area (Å²) in [6.45, 7) is 15.1. The maximum Gasteiger partial charge on any atom is 2.00 e. The van der Waals surface area contributed by atoms with Crippen molar-refractivity contribution in [2.24, 2.45) is 0 Å². The number of carbonyl (C=O) groups excluding carboxylic acids is 2. The fraction of sp³-hybridized carbons (Fsp3) is 0.116. The monoisotopic (exact) mass is 2300 g/mol. The summed E-state index contributed by atoms with van der Waals surface area (Å²) in [5.41, 5.74) is 23.8. The minimum absolute atomic E-state index is 0. The summed E-state index contributed by atoms with van der Waals surface area (Å²) in [5, 5.41) is 51.8. The van der Waals surface area contributed by atoms with Gasteiger partial charge < -0.3 is 91.0 Å². The topological polar surface area (TPSA) is 527 Å². The van der Waals surface area contributed by atoms with Crippen molar-refractivity contribution in [2.75, 3.05) is 71.8 Å². The molecule has 17 aromatic rings. The molecule has 0 unspecified atom stereocenters. The molecule has 0 fully saturated rings. The van der Waals surface area contributed by atoms with Gasteiger partial charge in [-0.3, -0.25) is 9.59 Å². The van der Waals surface area contributed by atoms with Gasteiger partial charge in [0.25, 0.3) is 30.1 Å². The van der Waals surface area contributed by atoms with Crippen LogP contribution in [0.1, 0.15) is 51.8 Å². The number of nitrogens with one attached hydrogen (secondary N) is 7. The molecular formula is C95H78Cl4I2N24O12S3Zn. The summed E-state index contributed by atoms with van der Waals surface area (Å²) in [5.74, 6) is 4.60. The van der Waals surface area contributed by atoms with Gasteiger partial charge in [0.2, 0.25) is 33.6 Å². The number of halogens is 6. The first-order chi connectivity index (χ1) is 67.1. The number of fused-ring (bicyclic) bond motifs is 6. The number of nitriles is 2. The molecule has 2 aliphatic rings. The standard InChI is InChI=1S/C23H19N7O2.C21H16ClN5O3S.C20H16ClIN4O3S.C13H8Cl2IN3O2S.C9H10N2O.C7H9NO.2CN.Zn/c1-32-17-6-3-15(4-7-17)26-22-20-14(11-24)12-25-21(20)29-23(30-22)27-16-5-8-18-13(10-16)2-9-19(31)28-18;1-13-3-9-17(10-4-13)31(28,29)27-12-14(11-23)18-19(25-21(22)26-20(18)27)24-15-5-7-16(30-2)8-6-15;1-12-3-9-15(10-4-12)30(27,28)26-11-16(22)17-18(24-20(21)25-19(17)26)23-13-5-7-14(29-2)8-6-13;1-7-2-4-8(5-3-7)22(20,21)19-6-9(16)10-11(14)17-13(15)18-12(10)19;10-7-2-3-8-6(5-7)1-4-9(12)11-8;1-9-7-4-2-6(8)3-5-7;2*1-2;/h3-8,10,12H,2,9H2,1H3,(H,28,31)(H3,25,26,27,29,30);3-10,12H,1-2H3,(H,24,25,26);3-11H,1-2H3,(H,23,24,25);2-6H,1H3;2-3,5H,1,4,10H2,(H,11,12);2-5H,8H2,1H3;;;/q;;;;;;2*-1;+2. The van der Waals surface area contributed by atoms with Crippen LogP contribution in [0.4, 0.5) is 68.9 Å². The number of aromatic amines is 1. The molecule has 2 amide bonds. The molecule has 9 aromatic carbocycles. The smallest absolute Gasteiger partial charge is 0.512 e. The second kappa shape index (κ2) is 47.9. The molecular weight excluding hydrogens is 2230 g/mol. The number of anilines is 12. The molecule has 8 aromatic heterocycles. The number of hydrogen-bond acceptors (Lipinski definition) is 30. The largest absolute Gasteiger partial charge is 2.00 e. The Bertz CT molecular complexity index is 7980. The summed E-state index contributed by atoms with van der Waals surface area (Å²) in [7, 11) is -5.26. The third-order valence-electron chi connectivity index (χ3n) is 20.6. The first-order valence-corrected chi connectivity index (χ1v) is 49.0. The van der Waals surface area contributed by atoms with Crippen molar-refractivity contribution < 1.29 is 73.3 Å². The molecule has 2 aliphatic heterocycles. The number of benzene rings is 9. The van der Waals surface area contributed by atoms with Gasteiger partial charge in [-0.15, -0.1) is 0 Å². The Hall–Kier alpha value is -14.5. The van der Waals surface area contributed by atoms with Crippen LogP contribution in [0.15, 0.2) is 246 Å². The Morgan fingerprint density at radius 1 is 0.404 bits per heavy atom. The molecule has 36 nitrogen and oxygen atoms in total. The summed E-state index contributed by atoms with van der Waals surface area (Å²) < 4.78 is 104. The van der Waals surface area contributed by atoms with E-state index < -0.39 is 30.1 Å². The number of methoxy groups -OCH3 is 4. The predicted molar refractivity (Wildman–Crippen MR) is 553 cm³/mol. The average Bonchev–Trinajstić information content (AvgIpc) is 1.59. The predicted octanol–water partition coefficient (Wildman–Crippen LogP) is 20.0. The van der Waals surface area contributed by atoms with E-state index in [-0.39, 0.29) is 101 Å². The zero-order chi connectivity index (χ0) is 101. The van der Waals surface area contributed by atoms with Crippen LogP contribution in [0.5, 0.6) is 23.0 Å². The van der Waals surface area contributed by atoms with Crippen molar-refractivity contribution in [1.82, 2.24) is 56.8 Å². The van der Waals surface area contributed by atoms with Crippen LogP contribution in [0.25, 0.3) is 44.1 Å². The van der Waals surface area contributed by atoms with Crippen molar-refractivity contribution in [2.45, 2.75) is 61.1 Å². The molecule has 0 saturated carbocycles. The van der Waals surface area contributed by atoms with Crippen LogP contribution in [0.2, 0.25) is 21.0 Å². The number of aromatic nitrogens is 12. The third-order valence-corrected chi connectivity index (χ3v) is 28.0. The Morgan fingerprint density at radius 2 is 0.752 bits per heavy atom. The fourth-order valence-corrected chi connectivity index (χ4v) is 20.5. The first-order valence-electron chi connectivity index (χ1n) is 41.0. The fourth-order valence-electron chi connectivity index (χ4n) is 13.7. The van der Waals surface area contributed by atoms with E-state index >= 15 is 0 Å². The van der Waals surface area contributed by atoms with Gasteiger partial charge in [-0.05, 0) is 295 Å². The van der Waals surface area contributed by atoms with Gasteiger partial charge in [-0.1, -0.05) is 64.7 Å². The van der Waals surface area contributed by atoms with Crippen LogP contribution < -0.4 is 62.3 Å². The number of rotatable bonds is 18. The normalized spacial score (nSPS) is 11.6. The molecule has 0 saturated heterocycles. The molecule has 0 atom stereocenters. The maximum absolute atomic E-state index is 13.3. The van der Waals surface area contributed by atoms with Crippen LogP contribution in [0, 0.1) is 74.2 Å². The number of nitrogen functional groups attached to an aromatic ring is 2. The Kier molecular flexibility index (Phi) is 36.3. The minimum Gasteiger partial charge on any atom is -0.512 e. The number of carbonyl (C=O) groups is 2. The van der Waals surface area contributed by atoms with Crippen molar-refractivity contribution in [3.05, 3.63) is 311 Å². The van der Waals surface area contributed by atoms with E-state index in [1.54, 1.807) is 150 Å². The van der Waals surface area contributed by atoms with E-state index in [0.29, 0.717) is 82.8 Å². The van der Waals surface area contributed by atoms with Gasteiger partial charge in [0.05, 0.1) is 75.8 Å². The van der Waals surface area contributed by atoms with Gasteiger partial charge in [0, 0.05) is 90.3 Å².